The first-order chi connectivity index (χ1) is 10.0. The maximum atomic E-state index is 6.12. The summed E-state index contributed by atoms with van der Waals surface area (Å²) >= 11 is 3.56. The van der Waals surface area contributed by atoms with E-state index in [4.69, 9.17) is 5.73 Å². The monoisotopic (exact) mass is 347 g/mol. The van der Waals surface area contributed by atoms with Gasteiger partial charge in [0.25, 0.3) is 0 Å². The molecule has 0 saturated carbocycles. The van der Waals surface area contributed by atoms with Crippen molar-refractivity contribution >= 4 is 21.6 Å². The van der Waals surface area contributed by atoms with E-state index in [1.165, 1.54) is 5.69 Å². The van der Waals surface area contributed by atoms with Crippen LogP contribution in [-0.4, -0.2) is 11.5 Å². The van der Waals surface area contributed by atoms with Gasteiger partial charge in [-0.15, -0.1) is 0 Å². The molecule has 1 atom stereocenters. The van der Waals surface area contributed by atoms with Crippen LogP contribution >= 0.6 is 15.9 Å². The average Bonchev–Trinajstić information content (AvgIpc) is 2.44. The summed E-state index contributed by atoms with van der Waals surface area (Å²) in [6.07, 6.45) is 0. The van der Waals surface area contributed by atoms with Crippen molar-refractivity contribution in [3.8, 4) is 0 Å². The highest BCUT2D eigenvalue weighted by molar-refractivity contribution is 9.10. The molecule has 1 unspecified atom stereocenters. The number of aryl methyl sites for hydroxylation is 1. The Morgan fingerprint density at radius 1 is 1.29 bits per heavy atom. The average molecular weight is 348 g/mol. The summed E-state index contributed by atoms with van der Waals surface area (Å²) in [4.78, 5) is 6.91. The summed E-state index contributed by atoms with van der Waals surface area (Å²) in [7, 11) is 0. The van der Waals surface area contributed by atoms with Crippen LogP contribution in [0.1, 0.15) is 36.8 Å². The maximum absolute atomic E-state index is 6.12. The van der Waals surface area contributed by atoms with Gasteiger partial charge in [-0.2, -0.15) is 0 Å². The Bertz CT molecular complexity index is 611. The molecule has 0 bridgehead atoms. The minimum atomic E-state index is 0.00705. The molecule has 112 valence electrons. The number of halogens is 1. The van der Waals surface area contributed by atoms with Gasteiger partial charge in [0.2, 0.25) is 0 Å². The van der Waals surface area contributed by atoms with Gasteiger partial charge in [0.05, 0.1) is 12.2 Å². The van der Waals surface area contributed by atoms with E-state index >= 15 is 0 Å². The van der Waals surface area contributed by atoms with Crippen LogP contribution in [0.25, 0.3) is 0 Å². The Labute approximate surface area is 135 Å². The molecule has 2 rings (SSSR count). The SMILES string of the molecule is CCN(Cc1cccc(C)n1)c1cc(Br)ccc1C(C)N. The van der Waals surface area contributed by atoms with Gasteiger partial charge in [-0.1, -0.05) is 28.1 Å². The number of anilines is 1. The fraction of sp³-hybridized carbons (Fsp3) is 0.353. The van der Waals surface area contributed by atoms with Crippen molar-refractivity contribution < 1.29 is 0 Å². The van der Waals surface area contributed by atoms with Crippen molar-refractivity contribution in [3.05, 3.63) is 57.8 Å². The Morgan fingerprint density at radius 3 is 2.67 bits per heavy atom. The van der Waals surface area contributed by atoms with Crippen molar-refractivity contribution in [2.75, 3.05) is 11.4 Å². The molecule has 21 heavy (non-hydrogen) atoms. The highest BCUT2D eigenvalue weighted by atomic mass is 79.9. The van der Waals surface area contributed by atoms with Crippen LogP contribution in [0.4, 0.5) is 5.69 Å². The molecule has 0 radical (unpaired) electrons. The minimum absolute atomic E-state index is 0.00705. The van der Waals surface area contributed by atoms with Crippen molar-refractivity contribution in [1.29, 1.82) is 0 Å². The lowest BCUT2D eigenvalue weighted by molar-refractivity contribution is 0.766. The first-order valence-corrected chi connectivity index (χ1v) is 8.03. The quantitative estimate of drug-likeness (QED) is 0.881. The molecule has 0 spiro atoms. The first kappa shape index (κ1) is 16.0. The Hall–Kier alpha value is -1.39. The van der Waals surface area contributed by atoms with Gasteiger partial charge in [0.1, 0.15) is 0 Å². The molecule has 1 aromatic carbocycles. The predicted molar refractivity (Wildman–Crippen MR) is 92.4 cm³/mol. The summed E-state index contributed by atoms with van der Waals surface area (Å²) in [5.41, 5.74) is 10.6. The number of benzene rings is 1. The normalized spacial score (nSPS) is 12.2. The van der Waals surface area contributed by atoms with Gasteiger partial charge in [0, 0.05) is 28.4 Å². The molecule has 0 aliphatic heterocycles. The van der Waals surface area contributed by atoms with E-state index in [9.17, 15) is 0 Å². The van der Waals surface area contributed by atoms with E-state index in [0.29, 0.717) is 0 Å². The first-order valence-electron chi connectivity index (χ1n) is 7.23. The molecule has 4 heteroatoms. The molecule has 0 fully saturated rings. The molecule has 0 aliphatic rings. The zero-order chi connectivity index (χ0) is 15.4. The number of nitrogens with zero attached hydrogens (tertiary/aromatic N) is 2. The zero-order valence-corrected chi connectivity index (χ0v) is 14.4. The molecule has 2 N–H and O–H groups in total. The number of aromatic nitrogens is 1. The molecule has 1 aromatic heterocycles. The zero-order valence-electron chi connectivity index (χ0n) is 12.8. The van der Waals surface area contributed by atoms with Gasteiger partial charge >= 0.3 is 0 Å². The van der Waals surface area contributed by atoms with Crippen LogP contribution in [0.5, 0.6) is 0 Å². The maximum Gasteiger partial charge on any atom is 0.0602 e. The second-order valence-electron chi connectivity index (χ2n) is 5.28. The number of pyridine rings is 1. The molecular weight excluding hydrogens is 326 g/mol. The highest BCUT2D eigenvalue weighted by Crippen LogP contribution is 2.29. The third-order valence-corrected chi connectivity index (χ3v) is 4.00. The van der Waals surface area contributed by atoms with E-state index in [-0.39, 0.29) is 6.04 Å². The van der Waals surface area contributed by atoms with Crippen molar-refractivity contribution in [2.45, 2.75) is 33.4 Å². The van der Waals surface area contributed by atoms with Crippen LogP contribution < -0.4 is 10.6 Å². The topological polar surface area (TPSA) is 42.2 Å². The number of hydrogen-bond acceptors (Lipinski definition) is 3. The highest BCUT2D eigenvalue weighted by Gasteiger charge is 2.14. The number of nitrogens with two attached hydrogens (primary N) is 1. The Kier molecular flexibility index (Phi) is 5.37. The Balaban J connectivity index is 2.35. The minimum Gasteiger partial charge on any atom is -0.366 e. The van der Waals surface area contributed by atoms with Gasteiger partial charge in [0.15, 0.2) is 0 Å². The molecule has 2 aromatic rings. The molecule has 0 saturated heterocycles. The van der Waals surface area contributed by atoms with Crippen LogP contribution in [0.2, 0.25) is 0 Å². The van der Waals surface area contributed by atoms with Gasteiger partial charge in [-0.3, -0.25) is 4.98 Å². The van der Waals surface area contributed by atoms with Gasteiger partial charge in [-0.25, -0.2) is 0 Å². The van der Waals surface area contributed by atoms with Gasteiger partial charge < -0.3 is 10.6 Å². The fourth-order valence-corrected chi connectivity index (χ4v) is 2.78. The lowest BCUT2D eigenvalue weighted by Gasteiger charge is -2.27. The Morgan fingerprint density at radius 2 is 2.05 bits per heavy atom. The third kappa shape index (κ3) is 4.05. The molecule has 1 heterocycles. The van der Waals surface area contributed by atoms with Crippen molar-refractivity contribution in [1.82, 2.24) is 4.98 Å². The van der Waals surface area contributed by atoms with E-state index in [1.807, 2.05) is 26.0 Å². The van der Waals surface area contributed by atoms with E-state index in [2.05, 4.69) is 57.0 Å². The van der Waals surface area contributed by atoms with E-state index < -0.39 is 0 Å². The molecular formula is C17H22BrN3. The fourth-order valence-electron chi connectivity index (χ4n) is 2.43. The standard InChI is InChI=1S/C17H22BrN3/c1-4-21(11-15-7-5-6-12(2)20-15)17-10-14(18)8-9-16(17)13(3)19/h5-10,13H,4,11,19H2,1-3H3. The van der Waals surface area contributed by atoms with E-state index in [0.717, 1.165) is 34.5 Å². The van der Waals surface area contributed by atoms with Crippen molar-refractivity contribution in [2.24, 2.45) is 5.73 Å². The van der Waals surface area contributed by atoms with Crippen LogP contribution in [0.15, 0.2) is 40.9 Å². The predicted octanol–water partition coefficient (Wildman–Crippen LogP) is 4.20. The number of rotatable bonds is 5. The van der Waals surface area contributed by atoms with E-state index in [1.54, 1.807) is 0 Å². The smallest absolute Gasteiger partial charge is 0.0602 e. The molecule has 3 nitrogen and oxygen atoms in total. The number of hydrogen-bond donors (Lipinski definition) is 1. The molecule has 0 aliphatic carbocycles. The molecule has 0 amide bonds. The van der Waals surface area contributed by atoms with Crippen LogP contribution in [0.3, 0.4) is 0 Å². The lowest BCUT2D eigenvalue weighted by atomic mass is 10.1. The summed E-state index contributed by atoms with van der Waals surface area (Å²) in [5.74, 6) is 0. The largest absolute Gasteiger partial charge is 0.366 e. The van der Waals surface area contributed by atoms with Crippen LogP contribution in [0, 0.1) is 6.92 Å². The van der Waals surface area contributed by atoms with Gasteiger partial charge in [-0.05, 0) is 50.6 Å². The van der Waals surface area contributed by atoms with Crippen LogP contribution in [-0.2, 0) is 6.54 Å². The third-order valence-electron chi connectivity index (χ3n) is 3.50. The van der Waals surface area contributed by atoms with Crippen molar-refractivity contribution in [3.63, 3.8) is 0 Å². The summed E-state index contributed by atoms with van der Waals surface area (Å²) in [6.45, 7) is 7.89. The summed E-state index contributed by atoms with van der Waals surface area (Å²) in [6, 6.07) is 12.4. The summed E-state index contributed by atoms with van der Waals surface area (Å²) < 4.78 is 1.07. The second kappa shape index (κ2) is 7.05. The lowest BCUT2D eigenvalue weighted by Crippen LogP contribution is -2.25. The second-order valence-corrected chi connectivity index (χ2v) is 6.19. The summed E-state index contributed by atoms with van der Waals surface area (Å²) in [5, 5.41) is 0.